The highest BCUT2D eigenvalue weighted by molar-refractivity contribution is 5.98. The van der Waals surface area contributed by atoms with Crippen LogP contribution in [0, 0.1) is 0 Å². The average Bonchev–Trinajstić information content (AvgIpc) is 2.43. The lowest BCUT2D eigenvalue weighted by Crippen LogP contribution is -2.22. The van der Waals surface area contributed by atoms with E-state index < -0.39 is 23.2 Å². The van der Waals surface area contributed by atoms with Gasteiger partial charge in [-0.2, -0.15) is 0 Å². The molecule has 0 saturated heterocycles. The molecule has 0 unspecified atom stereocenters. The highest BCUT2D eigenvalue weighted by Gasteiger charge is 2.16. The Bertz CT molecular complexity index is 596. The van der Waals surface area contributed by atoms with Gasteiger partial charge in [0, 0.05) is 6.54 Å². The molecule has 4 N–H and O–H groups in total. The standard InChI is InChI=1S/C14H13NO4/c16-11-7-6-10(12(17)13(11)18)14(19)15-8-9-4-2-1-3-5-9/h1-7,16-18H,8H2,(H,15,19). The molecule has 0 aliphatic carbocycles. The van der Waals surface area contributed by atoms with Gasteiger partial charge in [-0.3, -0.25) is 4.79 Å². The molecule has 0 aliphatic rings. The third-order valence-corrected chi connectivity index (χ3v) is 2.67. The summed E-state index contributed by atoms with van der Waals surface area (Å²) in [5.74, 6) is -2.34. The van der Waals surface area contributed by atoms with Gasteiger partial charge >= 0.3 is 0 Å². The van der Waals surface area contributed by atoms with Gasteiger partial charge in [-0.05, 0) is 17.7 Å². The zero-order valence-corrected chi connectivity index (χ0v) is 10.00. The number of phenolic OH excluding ortho intramolecular Hbond substituents is 3. The maximum absolute atomic E-state index is 11.8. The summed E-state index contributed by atoms with van der Waals surface area (Å²) in [5.41, 5.74) is 0.824. The minimum atomic E-state index is -0.702. The normalized spacial score (nSPS) is 10.1. The lowest BCUT2D eigenvalue weighted by molar-refractivity contribution is 0.0947. The summed E-state index contributed by atoms with van der Waals surface area (Å²) in [5, 5.41) is 30.7. The first kappa shape index (κ1) is 12.8. The molecule has 5 nitrogen and oxygen atoms in total. The number of nitrogens with one attached hydrogen (secondary N) is 1. The Labute approximate surface area is 109 Å². The van der Waals surface area contributed by atoms with E-state index in [1.54, 1.807) is 0 Å². The summed E-state index contributed by atoms with van der Waals surface area (Å²) in [6.45, 7) is 0.306. The van der Waals surface area contributed by atoms with Crippen LogP contribution in [-0.2, 0) is 6.54 Å². The summed E-state index contributed by atoms with van der Waals surface area (Å²) in [6, 6.07) is 11.7. The molecule has 2 aromatic carbocycles. The molecule has 0 heterocycles. The number of phenols is 3. The third kappa shape index (κ3) is 2.77. The quantitative estimate of drug-likeness (QED) is 0.632. The molecular weight excluding hydrogens is 246 g/mol. The summed E-state index contributed by atoms with van der Waals surface area (Å²) in [4.78, 5) is 11.8. The average molecular weight is 259 g/mol. The van der Waals surface area contributed by atoms with E-state index in [2.05, 4.69) is 5.32 Å². The van der Waals surface area contributed by atoms with E-state index in [1.807, 2.05) is 30.3 Å². The number of rotatable bonds is 3. The molecule has 98 valence electrons. The molecule has 5 heteroatoms. The monoisotopic (exact) mass is 259 g/mol. The molecular formula is C14H13NO4. The zero-order valence-electron chi connectivity index (χ0n) is 10.00. The van der Waals surface area contributed by atoms with E-state index in [9.17, 15) is 20.1 Å². The highest BCUT2D eigenvalue weighted by Crippen LogP contribution is 2.36. The van der Waals surface area contributed by atoms with Crippen LogP contribution in [0.2, 0.25) is 0 Å². The number of hydrogen-bond donors (Lipinski definition) is 4. The Morgan fingerprint density at radius 3 is 2.32 bits per heavy atom. The second kappa shape index (κ2) is 5.30. The summed E-state index contributed by atoms with van der Waals surface area (Å²) in [7, 11) is 0. The molecule has 0 atom stereocenters. The van der Waals surface area contributed by atoms with Gasteiger partial charge in [-0.25, -0.2) is 0 Å². The molecule has 0 bridgehead atoms. The Morgan fingerprint density at radius 1 is 0.947 bits per heavy atom. The van der Waals surface area contributed by atoms with Gasteiger partial charge in [0.1, 0.15) is 0 Å². The number of carbonyl (C=O) groups excluding carboxylic acids is 1. The number of hydrogen-bond acceptors (Lipinski definition) is 4. The maximum atomic E-state index is 11.8. The van der Waals surface area contributed by atoms with Crippen LogP contribution < -0.4 is 5.32 Å². The van der Waals surface area contributed by atoms with Crippen LogP contribution in [0.1, 0.15) is 15.9 Å². The van der Waals surface area contributed by atoms with E-state index in [0.29, 0.717) is 6.54 Å². The third-order valence-electron chi connectivity index (χ3n) is 2.67. The first-order valence-electron chi connectivity index (χ1n) is 5.65. The SMILES string of the molecule is O=C(NCc1ccccc1)c1ccc(O)c(O)c1O. The van der Waals surface area contributed by atoms with E-state index in [4.69, 9.17) is 0 Å². The second-order valence-corrected chi connectivity index (χ2v) is 4.00. The fourth-order valence-electron chi connectivity index (χ4n) is 1.63. The van der Waals surface area contributed by atoms with E-state index in [1.165, 1.54) is 6.07 Å². The number of carbonyl (C=O) groups is 1. The maximum Gasteiger partial charge on any atom is 0.255 e. The van der Waals surface area contributed by atoms with Crippen LogP contribution >= 0.6 is 0 Å². The predicted molar refractivity (Wildman–Crippen MR) is 69.0 cm³/mol. The van der Waals surface area contributed by atoms with Gasteiger partial charge in [0.2, 0.25) is 5.75 Å². The van der Waals surface area contributed by atoms with Crippen molar-refractivity contribution in [1.82, 2.24) is 5.32 Å². The summed E-state index contributed by atoms with van der Waals surface area (Å²) in [6.07, 6.45) is 0. The molecule has 0 spiro atoms. The van der Waals surface area contributed by atoms with E-state index in [-0.39, 0.29) is 5.56 Å². The molecule has 19 heavy (non-hydrogen) atoms. The smallest absolute Gasteiger partial charge is 0.255 e. The Balaban J connectivity index is 2.11. The lowest BCUT2D eigenvalue weighted by atomic mass is 10.1. The second-order valence-electron chi connectivity index (χ2n) is 4.00. The molecule has 0 radical (unpaired) electrons. The molecule has 0 fully saturated rings. The lowest BCUT2D eigenvalue weighted by Gasteiger charge is -2.08. The topological polar surface area (TPSA) is 89.8 Å². The fraction of sp³-hybridized carbons (Fsp3) is 0.0714. The minimum Gasteiger partial charge on any atom is -0.504 e. The molecule has 1 amide bonds. The zero-order chi connectivity index (χ0) is 13.8. The van der Waals surface area contributed by atoms with Crippen molar-refractivity contribution < 1.29 is 20.1 Å². The first-order chi connectivity index (χ1) is 9.09. The minimum absolute atomic E-state index is 0.0915. The van der Waals surface area contributed by atoms with Crippen molar-refractivity contribution in [3.63, 3.8) is 0 Å². The molecule has 0 saturated carbocycles. The van der Waals surface area contributed by atoms with Gasteiger partial charge < -0.3 is 20.6 Å². The molecule has 2 rings (SSSR count). The van der Waals surface area contributed by atoms with Gasteiger partial charge in [0.05, 0.1) is 5.56 Å². The van der Waals surface area contributed by atoms with Crippen molar-refractivity contribution in [2.24, 2.45) is 0 Å². The number of amides is 1. The van der Waals surface area contributed by atoms with Gasteiger partial charge in [0.15, 0.2) is 11.5 Å². The summed E-state index contributed by atoms with van der Waals surface area (Å²) < 4.78 is 0. The molecule has 2 aromatic rings. The van der Waals surface area contributed by atoms with E-state index >= 15 is 0 Å². The summed E-state index contributed by atoms with van der Waals surface area (Å²) >= 11 is 0. The van der Waals surface area contributed by atoms with Crippen LogP contribution in [0.3, 0.4) is 0 Å². The Morgan fingerprint density at radius 2 is 1.63 bits per heavy atom. The van der Waals surface area contributed by atoms with Crippen LogP contribution in [-0.4, -0.2) is 21.2 Å². The largest absolute Gasteiger partial charge is 0.504 e. The van der Waals surface area contributed by atoms with Gasteiger partial charge in [0.25, 0.3) is 5.91 Å². The van der Waals surface area contributed by atoms with Crippen LogP contribution in [0.5, 0.6) is 17.2 Å². The van der Waals surface area contributed by atoms with Crippen molar-refractivity contribution in [3.05, 3.63) is 53.6 Å². The van der Waals surface area contributed by atoms with Crippen molar-refractivity contribution in [2.75, 3.05) is 0 Å². The van der Waals surface area contributed by atoms with Crippen molar-refractivity contribution >= 4 is 5.91 Å². The van der Waals surface area contributed by atoms with E-state index in [0.717, 1.165) is 11.6 Å². The van der Waals surface area contributed by atoms with Gasteiger partial charge in [-0.15, -0.1) is 0 Å². The molecule has 0 aliphatic heterocycles. The first-order valence-corrected chi connectivity index (χ1v) is 5.65. The van der Waals surface area contributed by atoms with Crippen LogP contribution in [0.25, 0.3) is 0 Å². The van der Waals surface area contributed by atoms with Crippen LogP contribution in [0.4, 0.5) is 0 Å². The number of benzene rings is 2. The highest BCUT2D eigenvalue weighted by atomic mass is 16.3. The Hall–Kier alpha value is -2.69. The van der Waals surface area contributed by atoms with Gasteiger partial charge in [-0.1, -0.05) is 30.3 Å². The predicted octanol–water partition coefficient (Wildman–Crippen LogP) is 1.73. The molecule has 0 aromatic heterocycles. The number of aromatic hydroxyl groups is 3. The Kier molecular flexibility index (Phi) is 3.56. The van der Waals surface area contributed by atoms with Crippen LogP contribution in [0.15, 0.2) is 42.5 Å². The fourth-order valence-corrected chi connectivity index (χ4v) is 1.63. The van der Waals surface area contributed by atoms with Crippen molar-refractivity contribution in [3.8, 4) is 17.2 Å². The van der Waals surface area contributed by atoms with Crippen molar-refractivity contribution in [2.45, 2.75) is 6.54 Å². The van der Waals surface area contributed by atoms with Crippen molar-refractivity contribution in [1.29, 1.82) is 0 Å².